The smallest absolute Gasteiger partial charge is 0.408 e. The van der Waals surface area contributed by atoms with Crippen molar-refractivity contribution in [2.24, 2.45) is 11.8 Å². The van der Waals surface area contributed by atoms with Crippen LogP contribution in [-0.2, 0) is 16.1 Å². The third-order valence-corrected chi connectivity index (χ3v) is 5.40. The number of piperidine rings is 1. The minimum absolute atomic E-state index is 0.0265. The summed E-state index contributed by atoms with van der Waals surface area (Å²) in [6.45, 7) is 11.0. The minimum Gasteiger partial charge on any atom is -0.444 e. The van der Waals surface area contributed by atoms with Crippen LogP contribution >= 0.6 is 0 Å². The van der Waals surface area contributed by atoms with Gasteiger partial charge in [0.2, 0.25) is 5.91 Å². The summed E-state index contributed by atoms with van der Waals surface area (Å²) < 4.78 is 7.18. The van der Waals surface area contributed by atoms with Gasteiger partial charge >= 0.3 is 6.09 Å². The fraction of sp³-hybridized carbons (Fsp3) is 0.667. The zero-order valence-corrected chi connectivity index (χ0v) is 17.4. The predicted molar refractivity (Wildman–Crippen MR) is 106 cm³/mol. The molecule has 154 valence electrons. The van der Waals surface area contributed by atoms with Crippen LogP contribution in [0.1, 0.15) is 52.7 Å². The van der Waals surface area contributed by atoms with E-state index in [-0.39, 0.29) is 29.2 Å². The van der Waals surface area contributed by atoms with Crippen LogP contribution in [0.3, 0.4) is 0 Å². The van der Waals surface area contributed by atoms with E-state index in [9.17, 15) is 14.4 Å². The molecule has 0 unspecified atom stereocenters. The minimum atomic E-state index is -0.633. The van der Waals surface area contributed by atoms with Crippen LogP contribution < -0.4 is 10.9 Å². The second kappa shape index (κ2) is 7.60. The van der Waals surface area contributed by atoms with Gasteiger partial charge in [0.05, 0.1) is 0 Å². The third-order valence-electron chi connectivity index (χ3n) is 5.40. The molecule has 1 fully saturated rings. The molecule has 0 spiro atoms. The molecule has 7 nitrogen and oxygen atoms in total. The molecule has 7 heteroatoms. The molecule has 28 heavy (non-hydrogen) atoms. The van der Waals surface area contributed by atoms with E-state index in [0.29, 0.717) is 19.6 Å². The maximum absolute atomic E-state index is 13.2. The number of ether oxygens (including phenoxy) is 1. The average molecular weight is 389 g/mol. The van der Waals surface area contributed by atoms with Crippen molar-refractivity contribution in [2.75, 3.05) is 13.1 Å². The van der Waals surface area contributed by atoms with Gasteiger partial charge in [-0.3, -0.25) is 9.59 Å². The molecular weight excluding hydrogens is 358 g/mol. The molecule has 3 atom stereocenters. The Balaban J connectivity index is 1.75. The Labute approximate surface area is 166 Å². The number of carbonyl (C=O) groups is 2. The van der Waals surface area contributed by atoms with Gasteiger partial charge in [0.25, 0.3) is 5.56 Å². The summed E-state index contributed by atoms with van der Waals surface area (Å²) in [7, 11) is 0. The van der Waals surface area contributed by atoms with Crippen molar-refractivity contribution in [1.29, 1.82) is 0 Å². The van der Waals surface area contributed by atoms with Gasteiger partial charge in [0.1, 0.15) is 11.6 Å². The van der Waals surface area contributed by atoms with E-state index in [1.807, 2.05) is 29.4 Å². The van der Waals surface area contributed by atoms with Gasteiger partial charge in [-0.25, -0.2) is 4.79 Å². The lowest BCUT2D eigenvalue weighted by molar-refractivity contribution is -0.137. The van der Waals surface area contributed by atoms with Gasteiger partial charge < -0.3 is 19.5 Å². The number of fused-ring (bicyclic) bond motifs is 4. The number of amides is 2. The van der Waals surface area contributed by atoms with Crippen molar-refractivity contribution in [3.05, 3.63) is 34.2 Å². The number of hydrogen-bond donors (Lipinski definition) is 1. The van der Waals surface area contributed by atoms with E-state index in [1.165, 1.54) is 0 Å². The standard InChI is InChI=1S/C21H31N3O4/c1-13(2)18(22-20(27)28-21(3,4)5)19(26)23-10-14-9-15(12-23)16-7-6-8-17(25)24(16)11-14/h6-8,13-15,18H,9-12H2,1-5H3,(H,22,27)/t14-,15+,18+/m0/s1. The summed E-state index contributed by atoms with van der Waals surface area (Å²) in [6.07, 6.45) is 0.410. The summed E-state index contributed by atoms with van der Waals surface area (Å²) in [5, 5.41) is 2.76. The number of nitrogens with zero attached hydrogens (tertiary/aromatic N) is 2. The lowest BCUT2D eigenvalue weighted by Crippen LogP contribution is -2.56. The first-order valence-corrected chi connectivity index (χ1v) is 10.0. The van der Waals surface area contributed by atoms with Crippen LogP contribution in [0.2, 0.25) is 0 Å². The van der Waals surface area contributed by atoms with Gasteiger partial charge in [-0.15, -0.1) is 0 Å². The quantitative estimate of drug-likeness (QED) is 0.860. The molecule has 0 saturated carbocycles. The van der Waals surface area contributed by atoms with Crippen LogP contribution in [0.5, 0.6) is 0 Å². The molecule has 1 aromatic rings. The van der Waals surface area contributed by atoms with Gasteiger partial charge in [-0.05, 0) is 45.1 Å². The number of likely N-dealkylation sites (tertiary alicyclic amines) is 1. The van der Waals surface area contributed by atoms with E-state index in [2.05, 4.69) is 5.32 Å². The second-order valence-corrected chi connectivity index (χ2v) is 9.31. The van der Waals surface area contributed by atoms with Crippen molar-refractivity contribution in [3.63, 3.8) is 0 Å². The third kappa shape index (κ3) is 4.39. The van der Waals surface area contributed by atoms with Crippen LogP contribution in [0, 0.1) is 11.8 Å². The zero-order chi connectivity index (χ0) is 20.6. The van der Waals surface area contributed by atoms with Gasteiger partial charge in [-0.2, -0.15) is 0 Å². The molecule has 2 amide bonds. The van der Waals surface area contributed by atoms with Gasteiger partial charge in [0, 0.05) is 37.3 Å². The molecule has 2 aliphatic heterocycles. The van der Waals surface area contributed by atoms with Crippen molar-refractivity contribution in [2.45, 2.75) is 65.1 Å². The Kier molecular flexibility index (Phi) is 5.55. The van der Waals surface area contributed by atoms with Crippen molar-refractivity contribution in [1.82, 2.24) is 14.8 Å². The monoisotopic (exact) mass is 389 g/mol. The Bertz CT molecular complexity index is 809. The number of rotatable bonds is 3. The highest BCUT2D eigenvalue weighted by Crippen LogP contribution is 2.35. The van der Waals surface area contributed by atoms with Crippen molar-refractivity contribution in [3.8, 4) is 0 Å². The molecule has 0 radical (unpaired) electrons. The molecule has 0 aromatic carbocycles. The maximum Gasteiger partial charge on any atom is 0.408 e. The molecule has 1 aromatic heterocycles. The van der Waals surface area contributed by atoms with E-state index < -0.39 is 17.7 Å². The highest BCUT2D eigenvalue weighted by atomic mass is 16.6. The van der Waals surface area contributed by atoms with E-state index in [4.69, 9.17) is 4.74 Å². The average Bonchev–Trinajstić information content (AvgIpc) is 2.58. The molecule has 3 heterocycles. The largest absolute Gasteiger partial charge is 0.444 e. The summed E-state index contributed by atoms with van der Waals surface area (Å²) in [6, 6.07) is 4.73. The number of aromatic nitrogens is 1. The number of pyridine rings is 1. The van der Waals surface area contributed by atoms with Gasteiger partial charge in [0.15, 0.2) is 0 Å². The van der Waals surface area contributed by atoms with Crippen LogP contribution in [0.25, 0.3) is 0 Å². The highest BCUT2D eigenvalue weighted by molar-refractivity contribution is 5.86. The molecule has 3 rings (SSSR count). The SMILES string of the molecule is CC(C)[C@@H](NC(=O)OC(C)(C)C)C(=O)N1C[C@@H]2C[C@H](C1)c1cccc(=O)n1C2. The topological polar surface area (TPSA) is 80.6 Å². The summed E-state index contributed by atoms with van der Waals surface area (Å²) in [5.74, 6) is 0.267. The summed E-state index contributed by atoms with van der Waals surface area (Å²) in [4.78, 5) is 39.5. The molecule has 2 bridgehead atoms. The van der Waals surface area contributed by atoms with E-state index in [1.54, 1.807) is 32.9 Å². The number of alkyl carbamates (subject to hydrolysis) is 1. The highest BCUT2D eigenvalue weighted by Gasteiger charge is 2.39. The second-order valence-electron chi connectivity index (χ2n) is 9.31. The molecule has 1 saturated heterocycles. The Hall–Kier alpha value is -2.31. The van der Waals surface area contributed by atoms with Crippen LogP contribution in [-0.4, -0.2) is 46.2 Å². The summed E-state index contributed by atoms with van der Waals surface area (Å²) in [5.41, 5.74) is 0.411. The Morgan fingerprint density at radius 3 is 2.54 bits per heavy atom. The first kappa shape index (κ1) is 20.4. The lowest BCUT2D eigenvalue weighted by Gasteiger charge is -2.44. The van der Waals surface area contributed by atoms with Gasteiger partial charge in [-0.1, -0.05) is 19.9 Å². The molecule has 0 aliphatic carbocycles. The van der Waals surface area contributed by atoms with E-state index in [0.717, 1.165) is 12.1 Å². The zero-order valence-electron chi connectivity index (χ0n) is 17.4. The predicted octanol–water partition coefficient (Wildman–Crippen LogP) is 2.34. The van der Waals surface area contributed by atoms with Crippen molar-refractivity contribution >= 4 is 12.0 Å². The maximum atomic E-state index is 13.2. The normalized spacial score (nSPS) is 22.4. The summed E-state index contributed by atoms with van der Waals surface area (Å²) >= 11 is 0. The fourth-order valence-electron chi connectivity index (χ4n) is 4.22. The number of hydrogen-bond acceptors (Lipinski definition) is 4. The van der Waals surface area contributed by atoms with E-state index >= 15 is 0 Å². The number of nitrogens with one attached hydrogen (secondary N) is 1. The van der Waals surface area contributed by atoms with Crippen LogP contribution in [0.15, 0.2) is 23.0 Å². The van der Waals surface area contributed by atoms with Crippen LogP contribution in [0.4, 0.5) is 4.79 Å². The van der Waals surface area contributed by atoms with Crippen molar-refractivity contribution < 1.29 is 14.3 Å². The molecular formula is C21H31N3O4. The Morgan fingerprint density at radius 2 is 1.89 bits per heavy atom. The fourth-order valence-corrected chi connectivity index (χ4v) is 4.22. The Morgan fingerprint density at radius 1 is 1.18 bits per heavy atom. The lowest BCUT2D eigenvalue weighted by atomic mass is 9.82. The molecule has 1 N–H and O–H groups in total. The first-order chi connectivity index (χ1) is 13.0. The number of carbonyl (C=O) groups excluding carboxylic acids is 2. The molecule has 2 aliphatic rings. The first-order valence-electron chi connectivity index (χ1n) is 10.0.